The second-order valence-electron chi connectivity index (χ2n) is 4.67. The molecular weight excluding hydrogens is 240 g/mol. The third-order valence-corrected chi connectivity index (χ3v) is 3.36. The highest BCUT2D eigenvalue weighted by atomic mass is 19.1. The molecule has 1 aliphatic rings. The van der Waals surface area contributed by atoms with Crippen LogP contribution in [-0.4, -0.2) is 19.8 Å². The lowest BCUT2D eigenvalue weighted by Gasteiger charge is -2.19. The molecule has 0 aliphatic carbocycles. The van der Waals surface area contributed by atoms with Crippen molar-refractivity contribution in [2.24, 2.45) is 11.7 Å². The van der Waals surface area contributed by atoms with Gasteiger partial charge >= 0.3 is 0 Å². The number of ether oxygens (including phenoxy) is 2. The molecule has 0 radical (unpaired) electrons. The molecule has 1 aromatic rings. The number of hydrogen-bond donors (Lipinski definition) is 1. The van der Waals surface area contributed by atoms with E-state index in [0.29, 0.717) is 13.0 Å². The lowest BCUT2D eigenvalue weighted by Crippen LogP contribution is -2.24. The minimum absolute atomic E-state index is 0.0580. The Balaban J connectivity index is 2.27. The summed E-state index contributed by atoms with van der Waals surface area (Å²) in [6.07, 6.45) is 0.803. The number of rotatable bonds is 3. The minimum atomic E-state index is -0.694. The zero-order chi connectivity index (χ0) is 13.3. The number of benzene rings is 1. The molecule has 1 fully saturated rings. The van der Waals surface area contributed by atoms with Gasteiger partial charge in [-0.15, -0.1) is 0 Å². The second kappa shape index (κ2) is 5.20. The molecule has 1 aliphatic heterocycles. The van der Waals surface area contributed by atoms with Crippen molar-refractivity contribution in [1.29, 1.82) is 0 Å². The Hall–Kier alpha value is -1.20. The lowest BCUT2D eigenvalue weighted by atomic mass is 9.91. The van der Waals surface area contributed by atoms with E-state index in [1.54, 1.807) is 0 Å². The molecule has 18 heavy (non-hydrogen) atoms. The van der Waals surface area contributed by atoms with Crippen molar-refractivity contribution in [2.75, 3.05) is 13.7 Å². The van der Waals surface area contributed by atoms with Gasteiger partial charge in [0.2, 0.25) is 0 Å². The summed E-state index contributed by atoms with van der Waals surface area (Å²) in [7, 11) is 1.36. The third kappa shape index (κ3) is 2.47. The van der Waals surface area contributed by atoms with Gasteiger partial charge < -0.3 is 15.2 Å². The highest BCUT2D eigenvalue weighted by Crippen LogP contribution is 2.33. The number of halogens is 2. The maximum absolute atomic E-state index is 13.9. The molecule has 3 unspecified atom stereocenters. The summed E-state index contributed by atoms with van der Waals surface area (Å²) >= 11 is 0. The van der Waals surface area contributed by atoms with Crippen LogP contribution < -0.4 is 10.5 Å². The zero-order valence-corrected chi connectivity index (χ0v) is 10.5. The monoisotopic (exact) mass is 257 g/mol. The molecule has 3 nitrogen and oxygen atoms in total. The SMILES string of the molecule is COc1cc(F)c(C(N)C2COC(C)C2)c(F)c1. The topological polar surface area (TPSA) is 44.5 Å². The smallest absolute Gasteiger partial charge is 0.134 e. The first-order chi connectivity index (χ1) is 8.52. The van der Waals surface area contributed by atoms with Crippen molar-refractivity contribution < 1.29 is 18.3 Å². The Kier molecular flexibility index (Phi) is 3.82. The second-order valence-corrected chi connectivity index (χ2v) is 4.67. The van der Waals surface area contributed by atoms with Gasteiger partial charge in [-0.3, -0.25) is 0 Å². The Morgan fingerprint density at radius 3 is 2.44 bits per heavy atom. The maximum atomic E-state index is 13.9. The van der Waals surface area contributed by atoms with Crippen LogP contribution in [0.15, 0.2) is 12.1 Å². The average Bonchev–Trinajstić information content (AvgIpc) is 2.74. The quantitative estimate of drug-likeness (QED) is 0.904. The fourth-order valence-electron chi connectivity index (χ4n) is 2.33. The summed E-state index contributed by atoms with van der Waals surface area (Å²) in [4.78, 5) is 0. The predicted molar refractivity (Wildman–Crippen MR) is 63.4 cm³/mol. The van der Waals surface area contributed by atoms with E-state index < -0.39 is 17.7 Å². The van der Waals surface area contributed by atoms with Crippen LogP contribution in [0.25, 0.3) is 0 Å². The summed E-state index contributed by atoms with van der Waals surface area (Å²) in [5, 5.41) is 0. The molecule has 1 aromatic carbocycles. The summed E-state index contributed by atoms with van der Waals surface area (Å²) in [5.41, 5.74) is 5.87. The highest BCUT2D eigenvalue weighted by Gasteiger charge is 2.31. The van der Waals surface area contributed by atoms with E-state index in [4.69, 9.17) is 15.2 Å². The summed E-state index contributed by atoms with van der Waals surface area (Å²) in [6.45, 7) is 2.36. The van der Waals surface area contributed by atoms with E-state index in [1.807, 2.05) is 6.92 Å². The Bertz CT molecular complexity index is 416. The Labute approximate surface area is 105 Å². The standard InChI is InChI=1S/C13H17F2NO2/c1-7-3-8(6-18-7)13(16)12-10(14)4-9(17-2)5-11(12)15/h4-5,7-8,13H,3,6,16H2,1-2H3. The van der Waals surface area contributed by atoms with Gasteiger partial charge in [0.1, 0.15) is 17.4 Å². The van der Waals surface area contributed by atoms with Crippen LogP contribution in [0.1, 0.15) is 24.9 Å². The predicted octanol–water partition coefficient (Wildman–Crippen LogP) is 2.40. The fourth-order valence-corrected chi connectivity index (χ4v) is 2.33. The molecule has 1 saturated heterocycles. The Morgan fingerprint density at radius 1 is 1.39 bits per heavy atom. The fraction of sp³-hybridized carbons (Fsp3) is 0.538. The largest absolute Gasteiger partial charge is 0.497 e. The third-order valence-electron chi connectivity index (χ3n) is 3.36. The molecule has 100 valence electrons. The van der Waals surface area contributed by atoms with Crippen LogP contribution in [0, 0.1) is 17.6 Å². The van der Waals surface area contributed by atoms with Gasteiger partial charge in [-0.1, -0.05) is 0 Å². The van der Waals surface area contributed by atoms with Crippen LogP contribution >= 0.6 is 0 Å². The summed E-state index contributed by atoms with van der Waals surface area (Å²) < 4.78 is 37.9. The normalized spacial score (nSPS) is 25.2. The number of hydrogen-bond acceptors (Lipinski definition) is 3. The average molecular weight is 257 g/mol. The molecule has 0 saturated carbocycles. The molecule has 1 heterocycles. The van der Waals surface area contributed by atoms with E-state index >= 15 is 0 Å². The van der Waals surface area contributed by atoms with Crippen molar-refractivity contribution >= 4 is 0 Å². The molecule has 2 N–H and O–H groups in total. The maximum Gasteiger partial charge on any atom is 0.134 e. The van der Waals surface area contributed by atoms with Gasteiger partial charge in [-0.2, -0.15) is 0 Å². The molecule has 0 spiro atoms. The lowest BCUT2D eigenvalue weighted by molar-refractivity contribution is 0.118. The van der Waals surface area contributed by atoms with Crippen LogP contribution in [0.5, 0.6) is 5.75 Å². The summed E-state index contributed by atoms with van der Waals surface area (Å²) in [6, 6.07) is 1.61. The zero-order valence-electron chi connectivity index (χ0n) is 10.5. The molecule has 5 heteroatoms. The van der Waals surface area contributed by atoms with E-state index in [0.717, 1.165) is 12.1 Å². The van der Waals surface area contributed by atoms with Crippen molar-refractivity contribution in [3.05, 3.63) is 29.3 Å². The summed E-state index contributed by atoms with van der Waals surface area (Å²) in [5.74, 6) is -1.24. The van der Waals surface area contributed by atoms with Gasteiger partial charge in [0.25, 0.3) is 0 Å². The van der Waals surface area contributed by atoms with E-state index in [1.165, 1.54) is 7.11 Å². The van der Waals surface area contributed by atoms with Gasteiger partial charge in [0.15, 0.2) is 0 Å². The first-order valence-corrected chi connectivity index (χ1v) is 5.93. The first kappa shape index (κ1) is 13.2. The molecule has 0 amide bonds. The van der Waals surface area contributed by atoms with Gasteiger partial charge in [-0.25, -0.2) is 8.78 Å². The minimum Gasteiger partial charge on any atom is -0.497 e. The van der Waals surface area contributed by atoms with Crippen LogP contribution in [0.4, 0.5) is 8.78 Å². The molecule has 0 aromatic heterocycles. The van der Waals surface area contributed by atoms with Gasteiger partial charge in [0.05, 0.1) is 19.8 Å². The number of nitrogens with two attached hydrogens (primary N) is 1. The van der Waals surface area contributed by atoms with Crippen molar-refractivity contribution in [3.8, 4) is 5.75 Å². The van der Waals surface area contributed by atoms with E-state index in [9.17, 15) is 8.78 Å². The van der Waals surface area contributed by atoms with Crippen LogP contribution in [0.3, 0.4) is 0 Å². The highest BCUT2D eigenvalue weighted by molar-refractivity contribution is 5.32. The van der Waals surface area contributed by atoms with Crippen molar-refractivity contribution in [3.63, 3.8) is 0 Å². The molecule has 2 rings (SSSR count). The van der Waals surface area contributed by atoms with E-state index in [2.05, 4.69) is 0 Å². The van der Waals surface area contributed by atoms with Crippen molar-refractivity contribution in [2.45, 2.75) is 25.5 Å². The van der Waals surface area contributed by atoms with Crippen molar-refractivity contribution in [1.82, 2.24) is 0 Å². The van der Waals surface area contributed by atoms with E-state index in [-0.39, 0.29) is 23.3 Å². The van der Waals surface area contributed by atoms with Crippen LogP contribution in [0.2, 0.25) is 0 Å². The number of methoxy groups -OCH3 is 1. The van der Waals surface area contributed by atoms with Gasteiger partial charge in [-0.05, 0) is 13.3 Å². The molecular formula is C13H17F2NO2. The first-order valence-electron chi connectivity index (χ1n) is 5.93. The van der Waals surface area contributed by atoms with Crippen LogP contribution in [-0.2, 0) is 4.74 Å². The molecule has 0 bridgehead atoms. The van der Waals surface area contributed by atoms with Gasteiger partial charge in [0, 0.05) is 29.7 Å². The Morgan fingerprint density at radius 2 is 2.00 bits per heavy atom. The molecule has 3 atom stereocenters.